The molecule has 4 rings (SSSR count). The summed E-state index contributed by atoms with van der Waals surface area (Å²) in [6.07, 6.45) is 2.28. The summed E-state index contributed by atoms with van der Waals surface area (Å²) in [6.45, 7) is 0. The highest BCUT2D eigenvalue weighted by Gasteiger charge is 2.29. The fourth-order valence-corrected chi connectivity index (χ4v) is 3.05. The summed E-state index contributed by atoms with van der Waals surface area (Å²) in [5.41, 5.74) is 2.72. The Bertz CT molecular complexity index is 833. The van der Waals surface area contributed by atoms with Gasteiger partial charge in [0, 0.05) is 22.1 Å². The summed E-state index contributed by atoms with van der Waals surface area (Å²) in [5.74, 6) is 0.873. The minimum atomic E-state index is 0.0422. The normalized spacial score (nSPS) is 14.7. The number of imidazole rings is 1. The number of fused-ring (bicyclic) bond motifs is 1. The highest BCUT2D eigenvalue weighted by molar-refractivity contribution is 9.10. The second-order valence-corrected chi connectivity index (χ2v) is 6.32. The molecule has 4 nitrogen and oxygen atoms in total. The molecule has 21 heavy (non-hydrogen) atoms. The number of phenols is 2. The highest BCUT2D eigenvalue weighted by atomic mass is 79.9. The van der Waals surface area contributed by atoms with Crippen molar-refractivity contribution in [1.29, 1.82) is 0 Å². The number of halogens is 1. The molecule has 1 fully saturated rings. The summed E-state index contributed by atoms with van der Waals surface area (Å²) >= 11 is 3.47. The minimum Gasteiger partial charge on any atom is -0.508 e. The van der Waals surface area contributed by atoms with Crippen LogP contribution in [0.2, 0.25) is 0 Å². The van der Waals surface area contributed by atoms with Gasteiger partial charge in [0.15, 0.2) is 0 Å². The van der Waals surface area contributed by atoms with E-state index in [9.17, 15) is 10.2 Å². The second kappa shape index (κ2) is 4.49. The molecule has 0 bridgehead atoms. The van der Waals surface area contributed by atoms with Gasteiger partial charge in [-0.15, -0.1) is 0 Å². The van der Waals surface area contributed by atoms with Crippen LogP contribution in [0.1, 0.15) is 18.9 Å². The summed E-state index contributed by atoms with van der Waals surface area (Å²) < 4.78 is 3.19. The number of hydrogen-bond donors (Lipinski definition) is 2. The van der Waals surface area contributed by atoms with Crippen LogP contribution in [0.5, 0.6) is 11.5 Å². The zero-order chi connectivity index (χ0) is 14.6. The molecule has 0 spiro atoms. The van der Waals surface area contributed by atoms with Gasteiger partial charge in [-0.25, -0.2) is 4.98 Å². The van der Waals surface area contributed by atoms with Crippen LogP contribution in [-0.4, -0.2) is 19.8 Å². The van der Waals surface area contributed by atoms with Gasteiger partial charge < -0.3 is 14.8 Å². The molecule has 2 N–H and O–H groups in total. The van der Waals surface area contributed by atoms with Crippen LogP contribution in [0, 0.1) is 0 Å². The van der Waals surface area contributed by atoms with Crippen LogP contribution in [0.3, 0.4) is 0 Å². The Morgan fingerprint density at radius 1 is 1.05 bits per heavy atom. The van der Waals surface area contributed by atoms with Crippen molar-refractivity contribution in [1.82, 2.24) is 9.55 Å². The number of aromatic hydroxyl groups is 2. The van der Waals surface area contributed by atoms with Crippen LogP contribution in [0.4, 0.5) is 0 Å². The van der Waals surface area contributed by atoms with Crippen LogP contribution < -0.4 is 0 Å². The molecule has 0 aliphatic heterocycles. The molecular weight excluding hydrogens is 332 g/mol. The maximum absolute atomic E-state index is 9.71. The number of aromatic nitrogens is 2. The average molecular weight is 345 g/mol. The SMILES string of the molecule is Oc1cc(O)cc(-c2nc3cc(Br)ccc3n2C2CC2)c1. The summed E-state index contributed by atoms with van der Waals surface area (Å²) in [5, 5.41) is 19.4. The first-order chi connectivity index (χ1) is 10.1. The summed E-state index contributed by atoms with van der Waals surface area (Å²) in [4.78, 5) is 4.70. The number of hydrogen-bond acceptors (Lipinski definition) is 3. The molecule has 5 heteroatoms. The second-order valence-electron chi connectivity index (χ2n) is 5.41. The van der Waals surface area contributed by atoms with E-state index < -0.39 is 0 Å². The Labute approximate surface area is 129 Å². The van der Waals surface area contributed by atoms with Crippen molar-refractivity contribution in [3.63, 3.8) is 0 Å². The summed E-state index contributed by atoms with van der Waals surface area (Å²) in [7, 11) is 0. The van der Waals surface area contributed by atoms with E-state index in [4.69, 9.17) is 4.98 Å². The van der Waals surface area contributed by atoms with E-state index in [2.05, 4.69) is 26.6 Å². The van der Waals surface area contributed by atoms with E-state index >= 15 is 0 Å². The molecule has 2 aromatic carbocycles. The average Bonchev–Trinajstić information content (AvgIpc) is 3.18. The van der Waals surface area contributed by atoms with Crippen molar-refractivity contribution in [2.24, 2.45) is 0 Å². The molecule has 0 saturated heterocycles. The van der Waals surface area contributed by atoms with E-state index in [1.54, 1.807) is 12.1 Å². The first-order valence-corrected chi connectivity index (χ1v) is 7.62. The third-order valence-electron chi connectivity index (χ3n) is 3.72. The lowest BCUT2D eigenvalue weighted by atomic mass is 10.2. The van der Waals surface area contributed by atoms with Crippen molar-refractivity contribution in [3.8, 4) is 22.9 Å². The number of nitrogens with zero attached hydrogens (tertiary/aromatic N) is 2. The largest absolute Gasteiger partial charge is 0.508 e. The first-order valence-electron chi connectivity index (χ1n) is 6.83. The Kier molecular flexibility index (Phi) is 2.72. The molecule has 1 heterocycles. The third-order valence-corrected chi connectivity index (χ3v) is 4.22. The molecule has 0 atom stereocenters. The Hall–Kier alpha value is -2.01. The molecule has 0 amide bonds. The fourth-order valence-electron chi connectivity index (χ4n) is 2.70. The number of benzene rings is 2. The third kappa shape index (κ3) is 2.17. The quantitative estimate of drug-likeness (QED) is 0.731. The molecular formula is C16H13BrN2O2. The van der Waals surface area contributed by atoms with Gasteiger partial charge in [-0.2, -0.15) is 0 Å². The molecule has 1 aliphatic rings. The molecule has 1 saturated carbocycles. The maximum Gasteiger partial charge on any atom is 0.141 e. The standard InChI is InChI=1S/C16H13BrN2O2/c17-10-1-4-15-14(7-10)18-16(19(15)11-2-3-11)9-5-12(20)8-13(21)6-9/h1,4-8,11,20-21H,2-3H2. The van der Waals surface area contributed by atoms with Crippen LogP contribution in [0.25, 0.3) is 22.4 Å². The van der Waals surface area contributed by atoms with E-state index in [1.807, 2.05) is 12.1 Å². The summed E-state index contributed by atoms with van der Waals surface area (Å²) in [6, 6.07) is 11.1. The van der Waals surface area contributed by atoms with E-state index in [1.165, 1.54) is 6.07 Å². The van der Waals surface area contributed by atoms with Gasteiger partial charge in [0.05, 0.1) is 11.0 Å². The Morgan fingerprint density at radius 2 is 1.76 bits per heavy atom. The van der Waals surface area contributed by atoms with E-state index in [-0.39, 0.29) is 11.5 Å². The van der Waals surface area contributed by atoms with Gasteiger partial charge in [-0.1, -0.05) is 15.9 Å². The van der Waals surface area contributed by atoms with Gasteiger partial charge in [0.1, 0.15) is 17.3 Å². The van der Waals surface area contributed by atoms with Crippen molar-refractivity contribution in [2.75, 3.05) is 0 Å². The van der Waals surface area contributed by atoms with Gasteiger partial charge in [0.2, 0.25) is 0 Å². The van der Waals surface area contributed by atoms with Gasteiger partial charge in [-0.3, -0.25) is 0 Å². The van der Waals surface area contributed by atoms with E-state index in [0.29, 0.717) is 6.04 Å². The lowest BCUT2D eigenvalue weighted by Gasteiger charge is -2.08. The molecule has 1 aliphatic carbocycles. The smallest absolute Gasteiger partial charge is 0.141 e. The number of rotatable bonds is 2. The molecule has 0 radical (unpaired) electrons. The minimum absolute atomic E-state index is 0.0422. The van der Waals surface area contributed by atoms with Gasteiger partial charge in [0.25, 0.3) is 0 Å². The molecule has 0 unspecified atom stereocenters. The molecule has 1 aromatic heterocycles. The predicted octanol–water partition coefficient (Wildman–Crippen LogP) is 4.21. The monoisotopic (exact) mass is 344 g/mol. The van der Waals surface area contributed by atoms with Crippen LogP contribution >= 0.6 is 15.9 Å². The lowest BCUT2D eigenvalue weighted by molar-refractivity contribution is 0.451. The zero-order valence-electron chi connectivity index (χ0n) is 11.1. The Balaban J connectivity index is 2.00. The topological polar surface area (TPSA) is 58.3 Å². The van der Waals surface area contributed by atoms with Gasteiger partial charge in [-0.05, 0) is 43.2 Å². The zero-order valence-corrected chi connectivity index (χ0v) is 12.7. The maximum atomic E-state index is 9.71. The fraction of sp³-hybridized carbons (Fsp3) is 0.188. The molecule has 3 aromatic rings. The van der Waals surface area contributed by atoms with Crippen molar-refractivity contribution < 1.29 is 10.2 Å². The Morgan fingerprint density at radius 3 is 2.43 bits per heavy atom. The van der Waals surface area contributed by atoms with Crippen LogP contribution in [0.15, 0.2) is 40.9 Å². The highest BCUT2D eigenvalue weighted by Crippen LogP contribution is 2.42. The molecule has 106 valence electrons. The van der Waals surface area contributed by atoms with Crippen molar-refractivity contribution in [3.05, 3.63) is 40.9 Å². The number of phenolic OH excluding ortho intramolecular Hbond substituents is 2. The van der Waals surface area contributed by atoms with Crippen molar-refractivity contribution >= 4 is 27.0 Å². The predicted molar refractivity (Wildman–Crippen MR) is 84.5 cm³/mol. The lowest BCUT2D eigenvalue weighted by Crippen LogP contribution is -1.97. The van der Waals surface area contributed by atoms with Crippen LogP contribution in [-0.2, 0) is 0 Å². The first kappa shape index (κ1) is 12.7. The van der Waals surface area contributed by atoms with Gasteiger partial charge >= 0.3 is 0 Å². The van der Waals surface area contributed by atoms with Crippen molar-refractivity contribution in [2.45, 2.75) is 18.9 Å². The van der Waals surface area contributed by atoms with E-state index in [0.717, 1.165) is 39.7 Å².